The number of para-hydroxylation sites is 1. The number of carbonyl (C=O) groups is 3. The Kier molecular flexibility index (Phi) is 5.86. The summed E-state index contributed by atoms with van der Waals surface area (Å²) in [4.78, 5) is 34.6. The second-order valence-corrected chi connectivity index (χ2v) is 5.20. The number of hydrogen-bond acceptors (Lipinski definition) is 3. The maximum atomic E-state index is 13.0. The minimum absolute atomic E-state index is 0.0581. The van der Waals surface area contributed by atoms with Crippen molar-refractivity contribution >= 4 is 41.3 Å². The highest BCUT2D eigenvalue weighted by Gasteiger charge is 2.15. The van der Waals surface area contributed by atoms with Gasteiger partial charge in [-0.3, -0.25) is 10.1 Å². The summed E-state index contributed by atoms with van der Waals surface area (Å²) >= 11 is 5.77. The first-order chi connectivity index (χ1) is 11.9. The molecule has 2 rings (SSSR count). The van der Waals surface area contributed by atoms with Gasteiger partial charge in [0.25, 0.3) is 5.91 Å². The molecular formula is C17H12ClFN2O4. The third-order valence-corrected chi connectivity index (χ3v) is 3.33. The highest BCUT2D eigenvalue weighted by molar-refractivity contribution is 6.34. The lowest BCUT2D eigenvalue weighted by Crippen LogP contribution is -2.34. The van der Waals surface area contributed by atoms with Crippen molar-refractivity contribution in [3.05, 3.63) is 70.5 Å². The summed E-state index contributed by atoms with van der Waals surface area (Å²) in [5.74, 6) is -2.55. The van der Waals surface area contributed by atoms with E-state index in [1.54, 1.807) is 18.2 Å². The second-order valence-electron chi connectivity index (χ2n) is 4.79. The molecule has 0 heterocycles. The molecule has 0 atom stereocenters. The van der Waals surface area contributed by atoms with Crippen LogP contribution >= 0.6 is 11.6 Å². The van der Waals surface area contributed by atoms with Gasteiger partial charge in [-0.25, -0.2) is 14.0 Å². The van der Waals surface area contributed by atoms with E-state index in [0.717, 1.165) is 24.3 Å². The van der Waals surface area contributed by atoms with Crippen molar-refractivity contribution in [1.29, 1.82) is 0 Å². The van der Waals surface area contributed by atoms with Crippen LogP contribution in [0.4, 0.5) is 14.9 Å². The first-order valence-corrected chi connectivity index (χ1v) is 7.32. The van der Waals surface area contributed by atoms with Gasteiger partial charge >= 0.3 is 12.0 Å². The number of amides is 3. The van der Waals surface area contributed by atoms with Crippen LogP contribution in [0.2, 0.25) is 5.02 Å². The molecule has 0 aliphatic carbocycles. The van der Waals surface area contributed by atoms with Crippen molar-refractivity contribution in [2.24, 2.45) is 0 Å². The van der Waals surface area contributed by atoms with E-state index in [0.29, 0.717) is 11.3 Å². The SMILES string of the molecule is O=C(O)/C=C/c1ccccc1NC(=O)NC(=O)c1ccc(F)cc1Cl. The highest BCUT2D eigenvalue weighted by Crippen LogP contribution is 2.18. The molecule has 0 saturated heterocycles. The van der Waals surface area contributed by atoms with Gasteiger partial charge in [-0.15, -0.1) is 0 Å². The molecule has 0 aromatic heterocycles. The van der Waals surface area contributed by atoms with Gasteiger partial charge in [0.05, 0.1) is 10.6 Å². The van der Waals surface area contributed by atoms with Crippen LogP contribution < -0.4 is 10.6 Å². The van der Waals surface area contributed by atoms with Gasteiger partial charge in [-0.2, -0.15) is 0 Å². The van der Waals surface area contributed by atoms with Crippen LogP contribution in [0.25, 0.3) is 6.08 Å². The Morgan fingerprint density at radius 1 is 1.12 bits per heavy atom. The minimum Gasteiger partial charge on any atom is -0.478 e. The Labute approximate surface area is 146 Å². The average molecular weight is 363 g/mol. The topological polar surface area (TPSA) is 95.5 Å². The highest BCUT2D eigenvalue weighted by atomic mass is 35.5. The summed E-state index contributed by atoms with van der Waals surface area (Å²) in [5.41, 5.74) is 0.681. The first kappa shape index (κ1) is 18.2. The van der Waals surface area contributed by atoms with Gasteiger partial charge in [0, 0.05) is 11.8 Å². The molecule has 0 aliphatic rings. The number of nitrogens with one attached hydrogen (secondary N) is 2. The van der Waals surface area contributed by atoms with Gasteiger partial charge in [0.2, 0.25) is 0 Å². The number of anilines is 1. The molecule has 2 aromatic carbocycles. The van der Waals surface area contributed by atoms with Crippen LogP contribution in [0.5, 0.6) is 0 Å². The molecule has 0 aliphatic heterocycles. The molecule has 0 fully saturated rings. The fourth-order valence-electron chi connectivity index (χ4n) is 1.91. The van der Waals surface area contributed by atoms with Crippen LogP contribution in [0, 0.1) is 5.82 Å². The van der Waals surface area contributed by atoms with Crippen molar-refractivity contribution in [2.45, 2.75) is 0 Å². The summed E-state index contributed by atoms with van der Waals surface area (Å²) in [5, 5.41) is 13.0. The third kappa shape index (κ3) is 5.15. The maximum Gasteiger partial charge on any atom is 0.328 e. The first-order valence-electron chi connectivity index (χ1n) is 6.94. The largest absolute Gasteiger partial charge is 0.478 e. The summed E-state index contributed by atoms with van der Waals surface area (Å²) in [7, 11) is 0. The Hall–Kier alpha value is -3.19. The molecule has 3 amide bonds. The van der Waals surface area contributed by atoms with Crippen LogP contribution in [0.15, 0.2) is 48.5 Å². The van der Waals surface area contributed by atoms with Crippen molar-refractivity contribution in [3.63, 3.8) is 0 Å². The number of imide groups is 1. The lowest BCUT2D eigenvalue weighted by atomic mass is 10.1. The van der Waals surface area contributed by atoms with Crippen molar-refractivity contribution in [2.75, 3.05) is 5.32 Å². The van der Waals surface area contributed by atoms with Gasteiger partial charge in [0.15, 0.2) is 0 Å². The van der Waals surface area contributed by atoms with Crippen molar-refractivity contribution in [1.82, 2.24) is 5.32 Å². The van der Waals surface area contributed by atoms with Crippen molar-refractivity contribution < 1.29 is 23.9 Å². The Morgan fingerprint density at radius 3 is 2.52 bits per heavy atom. The predicted molar refractivity (Wildman–Crippen MR) is 91.0 cm³/mol. The average Bonchev–Trinajstić information content (AvgIpc) is 2.53. The molecule has 0 spiro atoms. The summed E-state index contributed by atoms with van der Waals surface area (Å²) in [6.07, 6.45) is 2.22. The number of halogens is 2. The fourth-order valence-corrected chi connectivity index (χ4v) is 2.17. The zero-order valence-electron chi connectivity index (χ0n) is 12.6. The lowest BCUT2D eigenvalue weighted by molar-refractivity contribution is -0.131. The molecule has 25 heavy (non-hydrogen) atoms. The predicted octanol–water partition coefficient (Wildman–Crippen LogP) is 3.54. The van der Waals surface area contributed by atoms with Crippen LogP contribution in [0.1, 0.15) is 15.9 Å². The molecule has 0 saturated carbocycles. The summed E-state index contributed by atoms with van der Waals surface area (Å²) in [6.45, 7) is 0. The quantitative estimate of drug-likeness (QED) is 0.725. The molecule has 2 aromatic rings. The lowest BCUT2D eigenvalue weighted by Gasteiger charge is -2.10. The molecular weight excluding hydrogens is 351 g/mol. The molecule has 128 valence electrons. The monoisotopic (exact) mass is 362 g/mol. The third-order valence-electron chi connectivity index (χ3n) is 3.02. The molecule has 3 N–H and O–H groups in total. The molecule has 0 unspecified atom stereocenters. The normalized spacial score (nSPS) is 10.5. The van der Waals surface area contributed by atoms with Gasteiger partial charge in [-0.1, -0.05) is 29.8 Å². The number of hydrogen-bond donors (Lipinski definition) is 3. The summed E-state index contributed by atoms with van der Waals surface area (Å²) in [6, 6.07) is 8.74. The van der Waals surface area contributed by atoms with E-state index in [1.807, 2.05) is 0 Å². The van der Waals surface area contributed by atoms with Gasteiger partial charge in [-0.05, 0) is 35.9 Å². The van der Waals surface area contributed by atoms with Crippen LogP contribution in [-0.4, -0.2) is 23.0 Å². The number of carbonyl (C=O) groups excluding carboxylic acids is 2. The van der Waals surface area contributed by atoms with Crippen molar-refractivity contribution in [3.8, 4) is 0 Å². The number of aliphatic carboxylic acids is 1. The standard InChI is InChI=1S/C17H12ClFN2O4/c18-13-9-11(19)6-7-12(13)16(24)21-17(25)20-14-4-2-1-3-10(14)5-8-15(22)23/h1-9H,(H,22,23)(H2,20,21,24,25)/b8-5+. The van der Waals surface area contributed by atoms with Crippen LogP contribution in [0.3, 0.4) is 0 Å². The Balaban J connectivity index is 2.10. The second kappa shape index (κ2) is 8.07. The van der Waals surface area contributed by atoms with E-state index in [4.69, 9.17) is 16.7 Å². The van der Waals surface area contributed by atoms with Gasteiger partial charge in [0.1, 0.15) is 5.82 Å². The zero-order valence-corrected chi connectivity index (χ0v) is 13.4. The molecule has 6 nitrogen and oxygen atoms in total. The number of benzene rings is 2. The minimum atomic E-state index is -1.14. The maximum absolute atomic E-state index is 13.0. The number of carboxylic acid groups (broad SMARTS) is 1. The van der Waals surface area contributed by atoms with E-state index in [1.165, 1.54) is 12.1 Å². The van der Waals surface area contributed by atoms with E-state index in [-0.39, 0.29) is 10.6 Å². The Morgan fingerprint density at radius 2 is 1.84 bits per heavy atom. The van der Waals surface area contributed by atoms with E-state index in [9.17, 15) is 18.8 Å². The zero-order chi connectivity index (χ0) is 18.4. The molecule has 8 heteroatoms. The number of rotatable bonds is 4. The summed E-state index contributed by atoms with van der Waals surface area (Å²) < 4.78 is 13.0. The molecule has 0 radical (unpaired) electrons. The number of urea groups is 1. The van der Waals surface area contributed by atoms with E-state index >= 15 is 0 Å². The van der Waals surface area contributed by atoms with Gasteiger partial charge < -0.3 is 10.4 Å². The van der Waals surface area contributed by atoms with E-state index < -0.39 is 23.7 Å². The number of carboxylic acids is 1. The van der Waals surface area contributed by atoms with E-state index in [2.05, 4.69) is 10.6 Å². The molecule has 0 bridgehead atoms. The van der Waals surface area contributed by atoms with Crippen LogP contribution in [-0.2, 0) is 4.79 Å². The smallest absolute Gasteiger partial charge is 0.328 e. The fraction of sp³-hybridized carbons (Fsp3) is 0. The Bertz CT molecular complexity index is 867.